The number of aliphatic carboxylic acids is 1. The molecule has 21 heavy (non-hydrogen) atoms. The van der Waals surface area contributed by atoms with Gasteiger partial charge in [-0.1, -0.05) is 15.9 Å². The molecule has 1 aromatic carbocycles. The molecule has 0 heterocycles. The maximum absolute atomic E-state index is 11.7. The normalized spacial score (nSPS) is 11.3. The SMILES string of the molecule is COC(=O)CC[C@@H](NC(=O)Nc1ccc(Br)cc1)C(=O)O. The fourth-order valence-corrected chi connectivity index (χ4v) is 1.74. The average Bonchev–Trinajstić information content (AvgIpc) is 2.45. The number of carbonyl (C=O) groups excluding carboxylic acids is 2. The quantitative estimate of drug-likeness (QED) is 0.674. The van der Waals surface area contributed by atoms with E-state index in [0.29, 0.717) is 5.69 Å². The summed E-state index contributed by atoms with van der Waals surface area (Å²) in [4.78, 5) is 33.7. The number of anilines is 1. The van der Waals surface area contributed by atoms with E-state index in [-0.39, 0.29) is 12.8 Å². The van der Waals surface area contributed by atoms with Crippen molar-refractivity contribution in [1.29, 1.82) is 0 Å². The van der Waals surface area contributed by atoms with Gasteiger partial charge >= 0.3 is 18.0 Å². The van der Waals surface area contributed by atoms with Crippen LogP contribution in [0.5, 0.6) is 0 Å². The number of urea groups is 1. The summed E-state index contributed by atoms with van der Waals surface area (Å²) in [5.41, 5.74) is 0.521. The summed E-state index contributed by atoms with van der Waals surface area (Å²) in [6.45, 7) is 0. The molecule has 0 spiro atoms. The fraction of sp³-hybridized carbons (Fsp3) is 0.308. The van der Waals surface area contributed by atoms with Crippen LogP contribution >= 0.6 is 15.9 Å². The second-order valence-electron chi connectivity index (χ2n) is 4.11. The molecular weight excluding hydrogens is 344 g/mol. The van der Waals surface area contributed by atoms with Gasteiger partial charge in [-0.25, -0.2) is 9.59 Å². The Kier molecular flexibility index (Phi) is 6.67. The molecule has 0 fully saturated rings. The van der Waals surface area contributed by atoms with Crippen LogP contribution in [0.3, 0.4) is 0 Å². The number of hydrogen-bond acceptors (Lipinski definition) is 4. The van der Waals surface area contributed by atoms with Gasteiger partial charge in [0.25, 0.3) is 0 Å². The zero-order valence-corrected chi connectivity index (χ0v) is 12.8. The second kappa shape index (κ2) is 8.25. The van der Waals surface area contributed by atoms with Gasteiger partial charge < -0.3 is 20.5 Å². The Morgan fingerprint density at radius 3 is 2.43 bits per heavy atom. The van der Waals surface area contributed by atoms with Crippen molar-refractivity contribution in [2.45, 2.75) is 18.9 Å². The highest BCUT2D eigenvalue weighted by molar-refractivity contribution is 9.10. The van der Waals surface area contributed by atoms with Crippen molar-refractivity contribution in [3.8, 4) is 0 Å². The van der Waals surface area contributed by atoms with Crippen LogP contribution in [0.4, 0.5) is 10.5 Å². The van der Waals surface area contributed by atoms with Gasteiger partial charge in [0.05, 0.1) is 7.11 Å². The van der Waals surface area contributed by atoms with E-state index in [1.54, 1.807) is 24.3 Å². The lowest BCUT2D eigenvalue weighted by Gasteiger charge is -2.14. The molecule has 0 aliphatic carbocycles. The minimum atomic E-state index is -1.22. The van der Waals surface area contributed by atoms with Crippen LogP contribution in [-0.2, 0) is 14.3 Å². The van der Waals surface area contributed by atoms with Crippen molar-refractivity contribution in [3.05, 3.63) is 28.7 Å². The van der Waals surface area contributed by atoms with Crippen LogP contribution < -0.4 is 10.6 Å². The van der Waals surface area contributed by atoms with E-state index in [0.717, 1.165) is 4.47 Å². The van der Waals surface area contributed by atoms with Crippen molar-refractivity contribution in [2.24, 2.45) is 0 Å². The third-order valence-corrected chi connectivity index (χ3v) is 3.10. The number of carboxylic acid groups (broad SMARTS) is 1. The van der Waals surface area contributed by atoms with Crippen LogP contribution in [0.2, 0.25) is 0 Å². The van der Waals surface area contributed by atoms with E-state index < -0.39 is 24.0 Å². The summed E-state index contributed by atoms with van der Waals surface area (Å²) >= 11 is 3.26. The third-order valence-electron chi connectivity index (χ3n) is 2.57. The van der Waals surface area contributed by atoms with Crippen molar-refractivity contribution < 1.29 is 24.2 Å². The number of methoxy groups -OCH3 is 1. The van der Waals surface area contributed by atoms with Gasteiger partial charge in [0.2, 0.25) is 0 Å². The van der Waals surface area contributed by atoms with Crippen LogP contribution in [0.15, 0.2) is 28.7 Å². The monoisotopic (exact) mass is 358 g/mol. The Labute approximate surface area is 129 Å². The summed E-state index contributed by atoms with van der Waals surface area (Å²) in [6.07, 6.45) is -0.137. The lowest BCUT2D eigenvalue weighted by Crippen LogP contribution is -2.43. The number of halogens is 1. The molecule has 0 saturated heterocycles. The number of esters is 1. The first kappa shape index (κ1) is 17.0. The molecule has 7 nitrogen and oxygen atoms in total. The van der Waals surface area contributed by atoms with E-state index >= 15 is 0 Å². The summed E-state index contributed by atoms with van der Waals surface area (Å²) in [7, 11) is 1.21. The predicted octanol–water partition coefficient (Wildman–Crippen LogP) is 1.98. The number of nitrogens with one attached hydrogen (secondary N) is 2. The zero-order chi connectivity index (χ0) is 15.8. The number of carboxylic acids is 1. The third kappa shape index (κ3) is 6.26. The molecule has 0 aliphatic heterocycles. The van der Waals surface area contributed by atoms with Gasteiger partial charge in [-0.2, -0.15) is 0 Å². The number of amides is 2. The first-order valence-corrected chi connectivity index (χ1v) is 6.84. The minimum absolute atomic E-state index is 0.0459. The van der Waals surface area contributed by atoms with E-state index in [2.05, 4.69) is 31.3 Å². The molecule has 0 radical (unpaired) electrons. The van der Waals surface area contributed by atoms with Crippen LogP contribution in [0, 0.1) is 0 Å². The first-order chi connectivity index (χ1) is 9.92. The lowest BCUT2D eigenvalue weighted by atomic mass is 10.1. The molecule has 1 atom stereocenters. The van der Waals surface area contributed by atoms with Crippen LogP contribution in [0.1, 0.15) is 12.8 Å². The second-order valence-corrected chi connectivity index (χ2v) is 5.03. The van der Waals surface area contributed by atoms with Crippen molar-refractivity contribution >= 4 is 39.6 Å². The van der Waals surface area contributed by atoms with Gasteiger partial charge in [-0.3, -0.25) is 4.79 Å². The maximum atomic E-state index is 11.7. The Balaban J connectivity index is 2.54. The summed E-state index contributed by atoms with van der Waals surface area (Å²) in [5, 5.41) is 13.8. The molecule has 0 bridgehead atoms. The van der Waals surface area contributed by atoms with Gasteiger partial charge in [-0.15, -0.1) is 0 Å². The largest absolute Gasteiger partial charge is 0.480 e. The molecule has 114 valence electrons. The highest BCUT2D eigenvalue weighted by atomic mass is 79.9. The van der Waals surface area contributed by atoms with E-state index in [1.807, 2.05) is 0 Å². The van der Waals surface area contributed by atoms with Gasteiger partial charge in [-0.05, 0) is 30.7 Å². The number of hydrogen-bond donors (Lipinski definition) is 3. The molecule has 0 saturated carbocycles. The standard InChI is InChI=1S/C13H15BrN2O5/c1-21-11(17)7-6-10(12(18)19)16-13(20)15-9-4-2-8(14)3-5-9/h2-5,10H,6-7H2,1H3,(H,18,19)(H2,15,16,20)/t10-/m1/s1. The molecule has 0 aliphatic rings. The summed E-state index contributed by atoms with van der Waals surface area (Å²) < 4.78 is 5.28. The molecule has 0 unspecified atom stereocenters. The summed E-state index contributed by atoms with van der Waals surface area (Å²) in [5.74, 6) is -1.75. The Morgan fingerprint density at radius 2 is 1.90 bits per heavy atom. The van der Waals surface area contributed by atoms with Gasteiger partial charge in [0, 0.05) is 16.6 Å². The fourth-order valence-electron chi connectivity index (χ4n) is 1.48. The number of rotatable bonds is 6. The smallest absolute Gasteiger partial charge is 0.326 e. The Hall–Kier alpha value is -2.09. The zero-order valence-electron chi connectivity index (χ0n) is 11.3. The van der Waals surface area contributed by atoms with Crippen molar-refractivity contribution in [1.82, 2.24) is 5.32 Å². The Bertz CT molecular complexity index is 518. The van der Waals surface area contributed by atoms with Crippen LogP contribution in [-0.4, -0.2) is 36.2 Å². The van der Waals surface area contributed by atoms with Gasteiger partial charge in [0.1, 0.15) is 6.04 Å². The highest BCUT2D eigenvalue weighted by Crippen LogP contribution is 2.14. The lowest BCUT2D eigenvalue weighted by molar-refractivity contribution is -0.142. The molecule has 1 rings (SSSR count). The number of benzene rings is 1. The number of carbonyl (C=O) groups is 3. The molecule has 8 heteroatoms. The number of ether oxygens (including phenoxy) is 1. The van der Waals surface area contributed by atoms with Crippen LogP contribution in [0.25, 0.3) is 0 Å². The molecule has 1 aromatic rings. The molecule has 0 aromatic heterocycles. The predicted molar refractivity (Wildman–Crippen MR) is 79.0 cm³/mol. The van der Waals surface area contributed by atoms with Gasteiger partial charge in [0.15, 0.2) is 0 Å². The van der Waals surface area contributed by atoms with Crippen molar-refractivity contribution in [2.75, 3.05) is 12.4 Å². The molecule has 2 amide bonds. The molecule has 3 N–H and O–H groups in total. The maximum Gasteiger partial charge on any atom is 0.326 e. The minimum Gasteiger partial charge on any atom is -0.480 e. The van der Waals surface area contributed by atoms with Crippen molar-refractivity contribution in [3.63, 3.8) is 0 Å². The van der Waals surface area contributed by atoms with E-state index in [9.17, 15) is 14.4 Å². The topological polar surface area (TPSA) is 105 Å². The summed E-state index contributed by atoms with van der Waals surface area (Å²) in [6, 6.07) is 4.97. The molecular formula is C13H15BrN2O5. The highest BCUT2D eigenvalue weighted by Gasteiger charge is 2.21. The first-order valence-electron chi connectivity index (χ1n) is 6.05. The Morgan fingerprint density at radius 1 is 1.29 bits per heavy atom. The van der Waals surface area contributed by atoms with E-state index in [1.165, 1.54) is 7.11 Å². The average molecular weight is 359 g/mol. The van der Waals surface area contributed by atoms with E-state index in [4.69, 9.17) is 5.11 Å².